The predicted molar refractivity (Wildman–Crippen MR) is 71.4 cm³/mol. The predicted octanol–water partition coefficient (Wildman–Crippen LogP) is 1.66. The molecule has 0 aliphatic rings. The first-order valence-corrected chi connectivity index (χ1v) is 5.89. The second kappa shape index (κ2) is 4.64. The van der Waals surface area contributed by atoms with Crippen molar-refractivity contribution in [2.24, 2.45) is 7.05 Å². The lowest BCUT2D eigenvalue weighted by Gasteiger charge is -2.09. The second-order valence-electron chi connectivity index (χ2n) is 4.61. The van der Waals surface area contributed by atoms with Crippen molar-refractivity contribution in [1.29, 1.82) is 0 Å². The summed E-state index contributed by atoms with van der Waals surface area (Å²) in [5.41, 5.74) is 1.35. The van der Waals surface area contributed by atoms with Gasteiger partial charge in [-0.05, 0) is 23.6 Å². The first kappa shape index (κ1) is 12.4. The molecule has 94 valence electrons. The molecule has 4 heteroatoms. The lowest BCUT2D eigenvalue weighted by Crippen LogP contribution is -2.36. The van der Waals surface area contributed by atoms with E-state index in [0.29, 0.717) is 5.92 Å². The highest BCUT2D eigenvalue weighted by molar-refractivity contribution is 5.35. The quantitative estimate of drug-likeness (QED) is 0.806. The highest BCUT2D eigenvalue weighted by atomic mass is 16.2. The highest BCUT2D eigenvalue weighted by Gasteiger charge is 2.04. The van der Waals surface area contributed by atoms with Crippen molar-refractivity contribution >= 4 is 0 Å². The molecule has 0 aliphatic heterocycles. The Bertz CT molecular complexity index is 663. The van der Waals surface area contributed by atoms with Gasteiger partial charge in [0.1, 0.15) is 0 Å². The Morgan fingerprint density at radius 2 is 1.61 bits per heavy atom. The summed E-state index contributed by atoms with van der Waals surface area (Å²) in [5.74, 6) is 0.455. The van der Waals surface area contributed by atoms with E-state index in [1.54, 1.807) is 0 Å². The van der Waals surface area contributed by atoms with Gasteiger partial charge >= 0.3 is 5.69 Å². The Labute approximate surface area is 105 Å². The molecule has 0 atom stereocenters. The van der Waals surface area contributed by atoms with Gasteiger partial charge in [0.25, 0.3) is 5.56 Å². The van der Waals surface area contributed by atoms with Crippen LogP contribution in [0, 0.1) is 0 Å². The van der Waals surface area contributed by atoms with Crippen molar-refractivity contribution in [3.05, 3.63) is 62.9 Å². The highest BCUT2D eigenvalue weighted by Crippen LogP contribution is 2.15. The summed E-state index contributed by atoms with van der Waals surface area (Å²) < 4.78 is 2.56. The van der Waals surface area contributed by atoms with Crippen LogP contribution in [-0.4, -0.2) is 9.13 Å². The summed E-state index contributed by atoms with van der Waals surface area (Å²) in [5, 5.41) is 0. The molecular weight excluding hydrogens is 228 g/mol. The average molecular weight is 244 g/mol. The van der Waals surface area contributed by atoms with Crippen LogP contribution in [-0.2, 0) is 7.05 Å². The van der Waals surface area contributed by atoms with Crippen molar-refractivity contribution in [3.8, 4) is 5.69 Å². The topological polar surface area (TPSA) is 44.0 Å². The van der Waals surface area contributed by atoms with Crippen LogP contribution in [0.5, 0.6) is 0 Å². The maximum Gasteiger partial charge on any atom is 0.335 e. The van der Waals surface area contributed by atoms with E-state index >= 15 is 0 Å². The molecule has 0 radical (unpaired) electrons. The van der Waals surface area contributed by atoms with Crippen LogP contribution >= 0.6 is 0 Å². The molecule has 0 N–H and O–H groups in total. The van der Waals surface area contributed by atoms with Gasteiger partial charge in [0, 0.05) is 19.3 Å². The van der Waals surface area contributed by atoms with E-state index in [1.165, 1.54) is 29.4 Å². The second-order valence-corrected chi connectivity index (χ2v) is 4.61. The smallest absolute Gasteiger partial charge is 0.269 e. The van der Waals surface area contributed by atoms with E-state index in [1.807, 2.05) is 24.3 Å². The summed E-state index contributed by atoms with van der Waals surface area (Å²) in [4.78, 5) is 23.3. The van der Waals surface area contributed by atoms with E-state index in [-0.39, 0.29) is 11.2 Å². The Balaban J connectivity index is 2.53. The van der Waals surface area contributed by atoms with Crippen LogP contribution in [0.3, 0.4) is 0 Å². The largest absolute Gasteiger partial charge is 0.335 e. The van der Waals surface area contributed by atoms with Crippen molar-refractivity contribution in [1.82, 2.24) is 9.13 Å². The lowest BCUT2D eigenvalue weighted by atomic mass is 10.0. The van der Waals surface area contributed by atoms with Crippen molar-refractivity contribution in [2.75, 3.05) is 0 Å². The number of aromatic nitrogens is 2. The summed E-state index contributed by atoms with van der Waals surface area (Å²) in [7, 11) is 1.48. The SMILES string of the molecule is CC(C)c1ccc(-n2ccc(=O)n(C)c2=O)cc1. The van der Waals surface area contributed by atoms with Gasteiger partial charge in [-0.2, -0.15) is 0 Å². The summed E-state index contributed by atoms with van der Waals surface area (Å²) in [6.45, 7) is 4.24. The maximum atomic E-state index is 11.9. The molecule has 0 saturated carbocycles. The average Bonchev–Trinajstić information content (AvgIpc) is 2.36. The fourth-order valence-corrected chi connectivity index (χ4v) is 1.79. The number of rotatable bonds is 2. The Morgan fingerprint density at radius 3 is 2.17 bits per heavy atom. The van der Waals surface area contributed by atoms with Gasteiger partial charge in [0.15, 0.2) is 0 Å². The molecule has 0 fully saturated rings. The Hall–Kier alpha value is -2.10. The van der Waals surface area contributed by atoms with Gasteiger partial charge in [0.05, 0.1) is 5.69 Å². The third-order valence-corrected chi connectivity index (χ3v) is 3.03. The zero-order chi connectivity index (χ0) is 13.3. The molecule has 0 amide bonds. The minimum atomic E-state index is -0.334. The molecule has 4 nitrogen and oxygen atoms in total. The van der Waals surface area contributed by atoms with Crippen LogP contribution in [0.1, 0.15) is 25.3 Å². The first-order chi connectivity index (χ1) is 8.50. The first-order valence-electron chi connectivity index (χ1n) is 5.89. The summed E-state index contributed by atoms with van der Waals surface area (Å²) >= 11 is 0. The van der Waals surface area contributed by atoms with Gasteiger partial charge in [0.2, 0.25) is 0 Å². The molecule has 0 spiro atoms. The number of hydrogen-bond donors (Lipinski definition) is 0. The molecule has 1 aromatic carbocycles. The molecule has 2 aromatic rings. The minimum Gasteiger partial charge on any atom is -0.269 e. The molecular formula is C14H16N2O2. The molecule has 0 aliphatic carbocycles. The number of hydrogen-bond acceptors (Lipinski definition) is 2. The fraction of sp³-hybridized carbons (Fsp3) is 0.286. The van der Waals surface area contributed by atoms with Gasteiger partial charge < -0.3 is 0 Å². The van der Waals surface area contributed by atoms with Crippen LogP contribution in [0.2, 0.25) is 0 Å². The molecule has 0 bridgehead atoms. The fourth-order valence-electron chi connectivity index (χ4n) is 1.79. The van der Waals surface area contributed by atoms with Gasteiger partial charge in [-0.25, -0.2) is 4.79 Å². The van der Waals surface area contributed by atoms with E-state index in [9.17, 15) is 9.59 Å². The Morgan fingerprint density at radius 1 is 1.00 bits per heavy atom. The minimum absolute atomic E-state index is 0.296. The third kappa shape index (κ3) is 2.14. The standard InChI is InChI=1S/C14H16N2O2/c1-10(2)11-4-6-12(7-5-11)16-9-8-13(17)15(3)14(16)18/h4-10H,1-3H3. The molecule has 18 heavy (non-hydrogen) atoms. The van der Waals surface area contributed by atoms with Crippen LogP contribution in [0.15, 0.2) is 46.1 Å². The Kier molecular flexibility index (Phi) is 3.19. The van der Waals surface area contributed by atoms with Gasteiger partial charge in [-0.1, -0.05) is 26.0 Å². The summed E-state index contributed by atoms with van der Waals surface area (Å²) in [6.07, 6.45) is 1.51. The van der Waals surface area contributed by atoms with E-state index < -0.39 is 0 Å². The maximum absolute atomic E-state index is 11.9. The molecule has 1 aromatic heterocycles. The van der Waals surface area contributed by atoms with Gasteiger partial charge in [-0.3, -0.25) is 13.9 Å². The zero-order valence-corrected chi connectivity index (χ0v) is 10.8. The molecule has 0 saturated heterocycles. The van der Waals surface area contributed by atoms with Crippen molar-refractivity contribution in [2.45, 2.75) is 19.8 Å². The van der Waals surface area contributed by atoms with E-state index in [4.69, 9.17) is 0 Å². The van der Waals surface area contributed by atoms with E-state index in [0.717, 1.165) is 10.3 Å². The van der Waals surface area contributed by atoms with Crippen molar-refractivity contribution in [3.63, 3.8) is 0 Å². The summed E-state index contributed by atoms with van der Waals surface area (Å²) in [6, 6.07) is 9.16. The molecule has 0 unspecified atom stereocenters. The monoisotopic (exact) mass is 244 g/mol. The molecule has 2 rings (SSSR count). The van der Waals surface area contributed by atoms with Crippen molar-refractivity contribution < 1.29 is 0 Å². The van der Waals surface area contributed by atoms with E-state index in [2.05, 4.69) is 13.8 Å². The van der Waals surface area contributed by atoms with Crippen LogP contribution in [0.4, 0.5) is 0 Å². The van der Waals surface area contributed by atoms with Crippen LogP contribution in [0.25, 0.3) is 5.69 Å². The number of benzene rings is 1. The molecule has 1 heterocycles. The van der Waals surface area contributed by atoms with Gasteiger partial charge in [-0.15, -0.1) is 0 Å². The third-order valence-electron chi connectivity index (χ3n) is 3.03. The normalized spacial score (nSPS) is 10.9. The zero-order valence-electron chi connectivity index (χ0n) is 10.8. The number of nitrogens with zero attached hydrogens (tertiary/aromatic N) is 2. The lowest BCUT2D eigenvalue weighted by molar-refractivity contribution is 0.728. The van der Waals surface area contributed by atoms with Crippen LogP contribution < -0.4 is 11.2 Å².